The van der Waals surface area contributed by atoms with Crippen molar-refractivity contribution in [2.75, 3.05) is 0 Å². The van der Waals surface area contributed by atoms with E-state index in [0.29, 0.717) is 27.9 Å². The number of carboxylic acid groups (broad SMARTS) is 1. The number of fused-ring (bicyclic) bond motifs is 1. The molecule has 0 unspecified atom stereocenters. The van der Waals surface area contributed by atoms with Gasteiger partial charge in [-0.25, -0.2) is 4.79 Å². The SMILES string of the molecule is Cc1c(-c2ccccc2)oc2c(/C=C/C(=O)O)cccc2c1=O. The van der Waals surface area contributed by atoms with Gasteiger partial charge in [0, 0.05) is 22.8 Å². The third-order valence-electron chi connectivity index (χ3n) is 3.62. The van der Waals surface area contributed by atoms with E-state index in [1.54, 1.807) is 25.1 Å². The number of carboxylic acids is 1. The lowest BCUT2D eigenvalue weighted by Gasteiger charge is -2.08. The minimum Gasteiger partial charge on any atom is -0.478 e. The van der Waals surface area contributed by atoms with Gasteiger partial charge >= 0.3 is 5.97 Å². The second kappa shape index (κ2) is 5.93. The lowest BCUT2D eigenvalue weighted by Crippen LogP contribution is -2.07. The molecule has 2 aromatic carbocycles. The van der Waals surface area contributed by atoms with Crippen molar-refractivity contribution >= 4 is 23.0 Å². The Bertz CT molecular complexity index is 966. The molecule has 23 heavy (non-hydrogen) atoms. The van der Waals surface area contributed by atoms with Crippen LogP contribution >= 0.6 is 0 Å². The van der Waals surface area contributed by atoms with Crippen LogP contribution in [-0.4, -0.2) is 11.1 Å². The first-order valence-electron chi connectivity index (χ1n) is 7.11. The second-order valence-corrected chi connectivity index (χ2v) is 5.15. The maximum atomic E-state index is 12.6. The van der Waals surface area contributed by atoms with Crippen LogP contribution in [0.25, 0.3) is 28.4 Å². The Kier molecular flexibility index (Phi) is 3.81. The highest BCUT2D eigenvalue weighted by Crippen LogP contribution is 2.27. The van der Waals surface area contributed by atoms with Gasteiger partial charge in [0.2, 0.25) is 0 Å². The van der Waals surface area contributed by atoms with Gasteiger partial charge in [-0.15, -0.1) is 0 Å². The molecule has 4 heteroatoms. The largest absolute Gasteiger partial charge is 0.478 e. The topological polar surface area (TPSA) is 67.5 Å². The number of benzene rings is 2. The van der Waals surface area contributed by atoms with E-state index in [1.807, 2.05) is 30.3 Å². The summed E-state index contributed by atoms with van der Waals surface area (Å²) in [5.41, 5.74) is 2.17. The van der Waals surface area contributed by atoms with E-state index in [1.165, 1.54) is 6.08 Å². The Morgan fingerprint density at radius 1 is 1.09 bits per heavy atom. The molecule has 0 amide bonds. The summed E-state index contributed by atoms with van der Waals surface area (Å²) < 4.78 is 5.98. The van der Waals surface area contributed by atoms with E-state index in [0.717, 1.165) is 11.6 Å². The Balaban J connectivity index is 2.33. The summed E-state index contributed by atoms with van der Waals surface area (Å²) in [6.07, 6.45) is 2.45. The zero-order valence-corrected chi connectivity index (χ0v) is 12.4. The molecular weight excluding hydrogens is 292 g/mol. The molecule has 0 atom stereocenters. The molecule has 0 fully saturated rings. The zero-order chi connectivity index (χ0) is 16.4. The van der Waals surface area contributed by atoms with E-state index in [2.05, 4.69) is 0 Å². The monoisotopic (exact) mass is 306 g/mol. The highest BCUT2D eigenvalue weighted by atomic mass is 16.4. The summed E-state index contributed by atoms with van der Waals surface area (Å²) in [5, 5.41) is 9.24. The predicted molar refractivity (Wildman–Crippen MR) is 89.3 cm³/mol. The minimum atomic E-state index is -1.06. The number of hydrogen-bond acceptors (Lipinski definition) is 3. The number of hydrogen-bond donors (Lipinski definition) is 1. The Morgan fingerprint density at radius 3 is 2.52 bits per heavy atom. The molecule has 0 spiro atoms. The highest BCUT2D eigenvalue weighted by Gasteiger charge is 2.14. The van der Waals surface area contributed by atoms with Crippen molar-refractivity contribution in [1.29, 1.82) is 0 Å². The van der Waals surface area contributed by atoms with Crippen LogP contribution in [0.2, 0.25) is 0 Å². The maximum absolute atomic E-state index is 12.6. The molecule has 3 aromatic rings. The summed E-state index contributed by atoms with van der Waals surface area (Å²) in [7, 11) is 0. The molecule has 0 bridgehead atoms. The van der Waals surface area contributed by atoms with Gasteiger partial charge < -0.3 is 9.52 Å². The van der Waals surface area contributed by atoms with Crippen LogP contribution in [0.15, 0.2) is 63.8 Å². The van der Waals surface area contributed by atoms with E-state index >= 15 is 0 Å². The third-order valence-corrected chi connectivity index (χ3v) is 3.62. The molecule has 0 aliphatic rings. The van der Waals surface area contributed by atoms with Gasteiger partial charge in [0.15, 0.2) is 5.43 Å². The number of carbonyl (C=O) groups is 1. The predicted octanol–water partition coefficient (Wildman–Crippen LogP) is 3.87. The average molecular weight is 306 g/mol. The van der Waals surface area contributed by atoms with Crippen molar-refractivity contribution in [2.24, 2.45) is 0 Å². The molecule has 0 saturated carbocycles. The fraction of sp³-hybridized carbons (Fsp3) is 0.0526. The van der Waals surface area contributed by atoms with Crippen molar-refractivity contribution in [3.63, 3.8) is 0 Å². The van der Waals surface area contributed by atoms with Crippen LogP contribution in [0.3, 0.4) is 0 Å². The molecule has 0 aliphatic heterocycles. The lowest BCUT2D eigenvalue weighted by atomic mass is 10.0. The molecule has 1 heterocycles. The van der Waals surface area contributed by atoms with Crippen molar-refractivity contribution in [2.45, 2.75) is 6.92 Å². The average Bonchev–Trinajstić information content (AvgIpc) is 2.57. The fourth-order valence-electron chi connectivity index (χ4n) is 2.49. The van der Waals surface area contributed by atoms with Gasteiger partial charge in [-0.3, -0.25) is 4.79 Å². The van der Waals surface area contributed by atoms with Crippen LogP contribution in [0.4, 0.5) is 0 Å². The van der Waals surface area contributed by atoms with Crippen molar-refractivity contribution < 1.29 is 14.3 Å². The molecule has 0 saturated heterocycles. The first-order valence-corrected chi connectivity index (χ1v) is 7.11. The van der Waals surface area contributed by atoms with E-state index < -0.39 is 5.97 Å². The number of rotatable bonds is 3. The van der Waals surface area contributed by atoms with Gasteiger partial charge in [0.05, 0.1) is 5.39 Å². The smallest absolute Gasteiger partial charge is 0.328 e. The minimum absolute atomic E-state index is 0.115. The first-order chi connectivity index (χ1) is 11.1. The van der Waals surface area contributed by atoms with E-state index in [-0.39, 0.29) is 5.43 Å². The number of para-hydroxylation sites is 1. The third kappa shape index (κ3) is 2.79. The molecule has 0 radical (unpaired) electrons. The van der Waals surface area contributed by atoms with Crippen LogP contribution in [-0.2, 0) is 4.79 Å². The summed E-state index contributed by atoms with van der Waals surface area (Å²) in [6, 6.07) is 14.5. The van der Waals surface area contributed by atoms with E-state index in [4.69, 9.17) is 9.52 Å². The molecule has 0 aliphatic carbocycles. The van der Waals surface area contributed by atoms with Crippen LogP contribution in [0, 0.1) is 6.92 Å². The maximum Gasteiger partial charge on any atom is 0.328 e. The molecule has 1 N–H and O–H groups in total. The van der Waals surface area contributed by atoms with Crippen molar-refractivity contribution in [3.8, 4) is 11.3 Å². The fourth-order valence-corrected chi connectivity index (χ4v) is 2.49. The molecular formula is C19H14O4. The Hall–Kier alpha value is -3.14. The second-order valence-electron chi connectivity index (χ2n) is 5.15. The zero-order valence-electron chi connectivity index (χ0n) is 12.4. The van der Waals surface area contributed by atoms with Gasteiger partial charge in [-0.2, -0.15) is 0 Å². The summed E-state index contributed by atoms with van der Waals surface area (Å²) in [6.45, 7) is 1.73. The van der Waals surface area contributed by atoms with Gasteiger partial charge in [-0.1, -0.05) is 42.5 Å². The van der Waals surface area contributed by atoms with Crippen LogP contribution in [0.5, 0.6) is 0 Å². The van der Waals surface area contributed by atoms with Gasteiger partial charge in [0.1, 0.15) is 11.3 Å². The van der Waals surface area contributed by atoms with Crippen LogP contribution < -0.4 is 5.43 Å². The van der Waals surface area contributed by atoms with Crippen LogP contribution in [0.1, 0.15) is 11.1 Å². The lowest BCUT2D eigenvalue weighted by molar-refractivity contribution is -0.131. The van der Waals surface area contributed by atoms with Gasteiger partial charge in [-0.05, 0) is 19.1 Å². The quantitative estimate of drug-likeness (QED) is 0.746. The summed E-state index contributed by atoms with van der Waals surface area (Å²) >= 11 is 0. The molecule has 1 aromatic heterocycles. The van der Waals surface area contributed by atoms with E-state index in [9.17, 15) is 9.59 Å². The summed E-state index contributed by atoms with van der Waals surface area (Å²) in [5.74, 6) is -0.556. The van der Waals surface area contributed by atoms with Crippen molar-refractivity contribution in [1.82, 2.24) is 0 Å². The van der Waals surface area contributed by atoms with Crippen molar-refractivity contribution in [3.05, 3.63) is 76.0 Å². The molecule has 114 valence electrons. The first kappa shape index (κ1) is 14.8. The number of aliphatic carboxylic acids is 1. The van der Waals surface area contributed by atoms with Gasteiger partial charge in [0.25, 0.3) is 0 Å². The molecule has 3 rings (SSSR count). The Morgan fingerprint density at radius 2 is 1.83 bits per heavy atom. The summed E-state index contributed by atoms with van der Waals surface area (Å²) in [4.78, 5) is 23.4. The molecule has 4 nitrogen and oxygen atoms in total. The standard InChI is InChI=1S/C19H14O4/c1-12-17(22)15-9-5-8-14(10-11-16(20)21)19(15)23-18(12)13-6-3-2-4-7-13/h2-11H,1H3,(H,20,21)/b11-10+. The Labute approximate surface area is 132 Å². The normalized spacial score (nSPS) is 11.2. The highest BCUT2D eigenvalue weighted by molar-refractivity contribution is 5.92.